The lowest BCUT2D eigenvalue weighted by molar-refractivity contribution is 0.155. The van der Waals surface area contributed by atoms with Crippen LogP contribution in [-0.4, -0.2) is 12.6 Å². The molecule has 0 spiro atoms. The Hall–Kier alpha value is -0.730. The Kier molecular flexibility index (Phi) is 5.33. The number of nitrogens with one attached hydrogen (secondary N) is 1. The second-order valence-corrected chi connectivity index (χ2v) is 5.33. The predicted molar refractivity (Wildman–Crippen MR) is 76.3 cm³/mol. The lowest BCUT2D eigenvalue weighted by Gasteiger charge is -2.23. The molecule has 0 aromatic heterocycles. The van der Waals surface area contributed by atoms with Gasteiger partial charge in [-0.3, -0.25) is 0 Å². The molecule has 1 fully saturated rings. The van der Waals surface area contributed by atoms with Gasteiger partial charge in [0.2, 0.25) is 0 Å². The van der Waals surface area contributed by atoms with E-state index < -0.39 is 0 Å². The van der Waals surface area contributed by atoms with Crippen molar-refractivity contribution in [1.29, 1.82) is 0 Å². The molecule has 3 heteroatoms. The summed E-state index contributed by atoms with van der Waals surface area (Å²) in [5.74, 6) is 0.837. The summed E-state index contributed by atoms with van der Waals surface area (Å²) in [6.07, 6.45) is 6.58. The quantitative estimate of drug-likeness (QED) is 0.865. The number of benzene rings is 1. The molecule has 18 heavy (non-hydrogen) atoms. The van der Waals surface area contributed by atoms with Crippen molar-refractivity contribution in [2.75, 3.05) is 6.54 Å². The van der Waals surface area contributed by atoms with E-state index in [4.69, 9.17) is 16.3 Å². The fraction of sp³-hybridized carbons (Fsp3) is 0.600. The molecule has 2 rings (SSSR count). The first kappa shape index (κ1) is 13.7. The maximum atomic E-state index is 6.27. The van der Waals surface area contributed by atoms with Crippen LogP contribution in [-0.2, 0) is 6.54 Å². The number of rotatable bonds is 5. The van der Waals surface area contributed by atoms with E-state index in [-0.39, 0.29) is 0 Å². The summed E-state index contributed by atoms with van der Waals surface area (Å²) in [6.45, 7) is 3.93. The van der Waals surface area contributed by atoms with Gasteiger partial charge >= 0.3 is 0 Å². The lowest BCUT2D eigenvalue weighted by atomic mass is 9.98. The van der Waals surface area contributed by atoms with Crippen LogP contribution < -0.4 is 10.1 Å². The molecule has 0 bridgehead atoms. The monoisotopic (exact) mass is 267 g/mol. The molecule has 1 saturated carbocycles. The SMILES string of the molecule is CCNCc1ccc(OC2CCCCC2)c(Cl)c1. The first-order chi connectivity index (χ1) is 8.79. The Bertz CT molecular complexity index is 375. The van der Waals surface area contributed by atoms with Crippen molar-refractivity contribution in [3.63, 3.8) is 0 Å². The van der Waals surface area contributed by atoms with Crippen LogP contribution in [0.2, 0.25) is 5.02 Å². The summed E-state index contributed by atoms with van der Waals surface area (Å²) in [6, 6.07) is 6.10. The third-order valence-corrected chi connectivity index (χ3v) is 3.72. The van der Waals surface area contributed by atoms with Crippen molar-refractivity contribution in [3.8, 4) is 5.75 Å². The highest BCUT2D eigenvalue weighted by Crippen LogP contribution is 2.29. The molecule has 0 aliphatic heterocycles. The van der Waals surface area contributed by atoms with Crippen LogP contribution in [0.5, 0.6) is 5.75 Å². The Morgan fingerprint density at radius 3 is 2.72 bits per heavy atom. The number of ether oxygens (including phenoxy) is 1. The standard InChI is InChI=1S/C15H22ClNO/c1-2-17-11-12-8-9-15(14(16)10-12)18-13-6-4-3-5-7-13/h8-10,13,17H,2-7,11H2,1H3. The lowest BCUT2D eigenvalue weighted by Crippen LogP contribution is -2.19. The van der Waals surface area contributed by atoms with Crippen molar-refractivity contribution in [3.05, 3.63) is 28.8 Å². The smallest absolute Gasteiger partial charge is 0.138 e. The Balaban J connectivity index is 1.95. The highest BCUT2D eigenvalue weighted by Gasteiger charge is 2.16. The second-order valence-electron chi connectivity index (χ2n) is 4.92. The zero-order chi connectivity index (χ0) is 12.8. The Morgan fingerprint density at radius 2 is 2.06 bits per heavy atom. The van der Waals surface area contributed by atoms with Gasteiger partial charge in [-0.2, -0.15) is 0 Å². The topological polar surface area (TPSA) is 21.3 Å². The molecule has 0 amide bonds. The Labute approximate surface area is 115 Å². The number of hydrogen-bond acceptors (Lipinski definition) is 2. The molecule has 1 N–H and O–H groups in total. The van der Waals surface area contributed by atoms with Crippen molar-refractivity contribution < 1.29 is 4.74 Å². The van der Waals surface area contributed by atoms with Gasteiger partial charge in [0.1, 0.15) is 5.75 Å². The van der Waals surface area contributed by atoms with Gasteiger partial charge in [0.05, 0.1) is 11.1 Å². The average molecular weight is 268 g/mol. The highest BCUT2D eigenvalue weighted by atomic mass is 35.5. The van der Waals surface area contributed by atoms with Gasteiger partial charge in [0, 0.05) is 6.54 Å². The number of hydrogen-bond donors (Lipinski definition) is 1. The van der Waals surface area contributed by atoms with E-state index in [0.29, 0.717) is 6.10 Å². The normalized spacial score (nSPS) is 16.8. The van der Waals surface area contributed by atoms with Gasteiger partial charge in [0.15, 0.2) is 0 Å². The molecule has 0 radical (unpaired) electrons. The molecule has 1 aromatic rings. The first-order valence-corrected chi connectivity index (χ1v) is 7.33. The summed E-state index contributed by atoms with van der Waals surface area (Å²) >= 11 is 6.27. The van der Waals surface area contributed by atoms with Gasteiger partial charge in [-0.25, -0.2) is 0 Å². The van der Waals surface area contributed by atoms with E-state index >= 15 is 0 Å². The number of halogens is 1. The van der Waals surface area contributed by atoms with Gasteiger partial charge in [-0.15, -0.1) is 0 Å². The fourth-order valence-electron chi connectivity index (χ4n) is 2.38. The predicted octanol–water partition coefficient (Wildman–Crippen LogP) is 4.16. The summed E-state index contributed by atoms with van der Waals surface area (Å²) in [7, 11) is 0. The molecular formula is C15H22ClNO. The van der Waals surface area contributed by atoms with Crippen LogP contribution in [0.3, 0.4) is 0 Å². The molecule has 0 heterocycles. The van der Waals surface area contributed by atoms with Crippen molar-refractivity contribution >= 4 is 11.6 Å². The molecular weight excluding hydrogens is 246 g/mol. The van der Waals surface area contributed by atoms with E-state index in [1.165, 1.54) is 24.8 Å². The van der Waals surface area contributed by atoms with E-state index in [0.717, 1.165) is 36.7 Å². The maximum absolute atomic E-state index is 6.27. The molecule has 0 atom stereocenters. The summed E-state index contributed by atoms with van der Waals surface area (Å²) in [5, 5.41) is 4.03. The minimum absolute atomic E-state index is 0.357. The Morgan fingerprint density at radius 1 is 1.28 bits per heavy atom. The fourth-order valence-corrected chi connectivity index (χ4v) is 2.63. The second kappa shape index (κ2) is 7.01. The minimum atomic E-state index is 0.357. The van der Waals surface area contributed by atoms with Crippen LogP contribution >= 0.6 is 11.6 Å². The van der Waals surface area contributed by atoms with Gasteiger partial charge in [-0.05, 0) is 49.9 Å². The molecule has 0 saturated heterocycles. The highest BCUT2D eigenvalue weighted by molar-refractivity contribution is 6.32. The summed E-state index contributed by atoms with van der Waals surface area (Å²) in [4.78, 5) is 0. The zero-order valence-electron chi connectivity index (χ0n) is 11.0. The third-order valence-electron chi connectivity index (χ3n) is 3.42. The summed E-state index contributed by atoms with van der Waals surface area (Å²) < 4.78 is 5.99. The molecule has 1 aliphatic carbocycles. The van der Waals surface area contributed by atoms with Gasteiger partial charge in [-0.1, -0.05) is 31.0 Å². The van der Waals surface area contributed by atoms with E-state index in [2.05, 4.69) is 18.3 Å². The van der Waals surface area contributed by atoms with Crippen molar-refractivity contribution in [2.45, 2.75) is 51.7 Å². The first-order valence-electron chi connectivity index (χ1n) is 6.95. The third kappa shape index (κ3) is 3.89. The minimum Gasteiger partial charge on any atom is -0.489 e. The van der Waals surface area contributed by atoms with E-state index in [1.54, 1.807) is 0 Å². The zero-order valence-corrected chi connectivity index (χ0v) is 11.8. The van der Waals surface area contributed by atoms with Crippen LogP contribution in [0, 0.1) is 0 Å². The molecule has 100 valence electrons. The molecule has 2 nitrogen and oxygen atoms in total. The van der Waals surface area contributed by atoms with Crippen molar-refractivity contribution in [1.82, 2.24) is 5.32 Å². The maximum Gasteiger partial charge on any atom is 0.138 e. The molecule has 1 aromatic carbocycles. The van der Waals surface area contributed by atoms with Crippen molar-refractivity contribution in [2.24, 2.45) is 0 Å². The average Bonchev–Trinajstić information content (AvgIpc) is 2.40. The van der Waals surface area contributed by atoms with Crippen LogP contribution in [0.1, 0.15) is 44.6 Å². The van der Waals surface area contributed by atoms with E-state index in [9.17, 15) is 0 Å². The van der Waals surface area contributed by atoms with Crippen LogP contribution in [0.25, 0.3) is 0 Å². The van der Waals surface area contributed by atoms with Gasteiger partial charge in [0.25, 0.3) is 0 Å². The largest absolute Gasteiger partial charge is 0.489 e. The van der Waals surface area contributed by atoms with Crippen LogP contribution in [0.15, 0.2) is 18.2 Å². The summed E-state index contributed by atoms with van der Waals surface area (Å²) in [5.41, 5.74) is 1.21. The molecule has 1 aliphatic rings. The molecule has 0 unspecified atom stereocenters. The van der Waals surface area contributed by atoms with E-state index in [1.807, 2.05) is 12.1 Å². The van der Waals surface area contributed by atoms with Crippen LogP contribution in [0.4, 0.5) is 0 Å². The van der Waals surface area contributed by atoms with Gasteiger partial charge < -0.3 is 10.1 Å².